The molecule has 2 aromatic rings. The summed E-state index contributed by atoms with van der Waals surface area (Å²) in [5.74, 6) is -0.775. The highest BCUT2D eigenvalue weighted by Gasteiger charge is 2.67. The van der Waals surface area contributed by atoms with Gasteiger partial charge in [0.15, 0.2) is 0 Å². The summed E-state index contributed by atoms with van der Waals surface area (Å²) < 4.78 is 40.4. The van der Waals surface area contributed by atoms with Crippen LogP contribution in [0.2, 0.25) is 0 Å². The van der Waals surface area contributed by atoms with Gasteiger partial charge in [-0.2, -0.15) is 4.31 Å². The zero-order chi connectivity index (χ0) is 27.8. The number of amides is 1. The molecule has 0 aliphatic carbocycles. The first-order valence-corrected chi connectivity index (χ1v) is 14.5. The van der Waals surface area contributed by atoms with E-state index in [1.165, 1.54) is 9.21 Å². The highest BCUT2D eigenvalue weighted by molar-refractivity contribution is 7.89. The van der Waals surface area contributed by atoms with Gasteiger partial charge in [0, 0.05) is 6.54 Å². The molecule has 2 fully saturated rings. The Morgan fingerprint density at radius 2 is 1.68 bits per heavy atom. The molecule has 38 heavy (non-hydrogen) atoms. The van der Waals surface area contributed by atoms with Crippen molar-refractivity contribution in [3.05, 3.63) is 65.7 Å². The molecule has 2 saturated heterocycles. The van der Waals surface area contributed by atoms with Crippen LogP contribution in [0.1, 0.15) is 52.2 Å². The van der Waals surface area contributed by atoms with E-state index in [1.54, 1.807) is 45.0 Å². The number of benzene rings is 2. The van der Waals surface area contributed by atoms with E-state index < -0.39 is 45.8 Å². The molecule has 2 aliphatic heterocycles. The summed E-state index contributed by atoms with van der Waals surface area (Å²) in [6, 6.07) is 13.8. The Morgan fingerprint density at radius 1 is 1.05 bits per heavy atom. The predicted octanol–water partition coefficient (Wildman–Crippen LogP) is 3.92. The maximum Gasteiger partial charge on any atom is 0.329 e. The van der Waals surface area contributed by atoms with Crippen molar-refractivity contribution in [2.45, 2.75) is 89.3 Å². The molecule has 5 atom stereocenters. The first kappa shape index (κ1) is 28.3. The van der Waals surface area contributed by atoms with Gasteiger partial charge in [-0.1, -0.05) is 61.9 Å². The average molecular weight is 543 g/mol. The number of carbonyl (C=O) groups excluding carboxylic acids is 2. The highest BCUT2D eigenvalue weighted by atomic mass is 32.2. The number of likely N-dealkylation sites (tertiary alicyclic amines) is 1. The number of fused-ring (bicyclic) bond motifs is 1. The van der Waals surface area contributed by atoms with Crippen molar-refractivity contribution >= 4 is 21.9 Å². The number of esters is 1. The van der Waals surface area contributed by atoms with Gasteiger partial charge in [-0.25, -0.2) is 13.2 Å². The fraction of sp³-hybridized carbons (Fsp3) is 0.517. The van der Waals surface area contributed by atoms with Gasteiger partial charge in [0.2, 0.25) is 15.9 Å². The van der Waals surface area contributed by atoms with Crippen molar-refractivity contribution in [1.29, 1.82) is 0 Å². The van der Waals surface area contributed by atoms with E-state index in [-0.39, 0.29) is 29.9 Å². The molecule has 0 spiro atoms. The van der Waals surface area contributed by atoms with Crippen molar-refractivity contribution < 1.29 is 27.5 Å². The van der Waals surface area contributed by atoms with E-state index in [4.69, 9.17) is 9.47 Å². The molecule has 2 aliphatic rings. The van der Waals surface area contributed by atoms with Crippen molar-refractivity contribution in [2.75, 3.05) is 6.54 Å². The minimum Gasteiger partial charge on any atom is -0.458 e. The Bertz CT molecular complexity index is 1250. The first-order valence-electron chi connectivity index (χ1n) is 13.1. The van der Waals surface area contributed by atoms with Gasteiger partial charge >= 0.3 is 5.97 Å². The van der Waals surface area contributed by atoms with Crippen LogP contribution in [0.3, 0.4) is 0 Å². The highest BCUT2D eigenvalue weighted by Crippen LogP contribution is 2.44. The summed E-state index contributed by atoms with van der Waals surface area (Å²) >= 11 is 0. The van der Waals surface area contributed by atoms with Gasteiger partial charge in [-0.05, 0) is 57.7 Å². The number of ether oxygens (including phenoxy) is 2. The minimum atomic E-state index is -3.95. The normalized spacial score (nSPS) is 24.2. The molecule has 1 amide bonds. The fourth-order valence-corrected chi connectivity index (χ4v) is 6.69. The molecule has 9 heteroatoms. The smallest absolute Gasteiger partial charge is 0.329 e. The Hall–Kier alpha value is -2.75. The van der Waals surface area contributed by atoms with Gasteiger partial charge in [-0.3, -0.25) is 4.79 Å². The van der Waals surface area contributed by atoms with Crippen LogP contribution in [0.15, 0.2) is 59.5 Å². The molecule has 0 radical (unpaired) electrons. The second kappa shape index (κ2) is 10.8. The topological polar surface area (TPSA) is 93.0 Å². The number of aryl methyl sites for hydroxylation is 1. The summed E-state index contributed by atoms with van der Waals surface area (Å²) in [6.07, 6.45) is -0.205. The summed E-state index contributed by atoms with van der Waals surface area (Å²) in [7, 11) is -3.95. The lowest BCUT2D eigenvalue weighted by molar-refractivity contribution is -0.168. The maximum absolute atomic E-state index is 13.8. The van der Waals surface area contributed by atoms with Gasteiger partial charge in [0.25, 0.3) is 0 Å². The third-order valence-corrected chi connectivity index (χ3v) is 8.64. The SMILES string of the molecule is Cc1ccc(S(=O)(=O)N2[C@H]3[C@@H](OCc4ccccc4)CN([C@@H](CC(C)C)C(=O)OC(C)(C)C)C(=O)[C@@H]32)cc1. The molecule has 8 nitrogen and oxygen atoms in total. The predicted molar refractivity (Wildman–Crippen MR) is 144 cm³/mol. The lowest BCUT2D eigenvalue weighted by Crippen LogP contribution is -2.56. The number of hydrogen-bond donors (Lipinski definition) is 0. The van der Waals surface area contributed by atoms with E-state index in [0.29, 0.717) is 6.42 Å². The van der Waals surface area contributed by atoms with E-state index in [9.17, 15) is 18.0 Å². The van der Waals surface area contributed by atoms with E-state index in [1.807, 2.05) is 51.1 Å². The van der Waals surface area contributed by atoms with Crippen molar-refractivity contribution in [2.24, 2.45) is 5.92 Å². The number of rotatable bonds is 9. The van der Waals surface area contributed by atoms with Crippen LogP contribution < -0.4 is 0 Å². The van der Waals surface area contributed by atoms with E-state index >= 15 is 0 Å². The Morgan fingerprint density at radius 3 is 2.26 bits per heavy atom. The summed E-state index contributed by atoms with van der Waals surface area (Å²) in [6.45, 7) is 11.6. The van der Waals surface area contributed by atoms with Crippen LogP contribution in [-0.2, 0) is 35.7 Å². The zero-order valence-corrected chi connectivity index (χ0v) is 23.8. The van der Waals surface area contributed by atoms with Crippen LogP contribution >= 0.6 is 0 Å². The van der Waals surface area contributed by atoms with Crippen LogP contribution in [0.4, 0.5) is 0 Å². The van der Waals surface area contributed by atoms with Crippen LogP contribution in [-0.4, -0.2) is 65.9 Å². The third kappa shape index (κ3) is 6.11. The zero-order valence-electron chi connectivity index (χ0n) is 23.0. The number of hydrogen-bond acceptors (Lipinski definition) is 6. The molecule has 0 bridgehead atoms. The van der Waals surface area contributed by atoms with E-state index in [2.05, 4.69) is 0 Å². The largest absolute Gasteiger partial charge is 0.458 e. The van der Waals surface area contributed by atoms with Crippen molar-refractivity contribution in [1.82, 2.24) is 9.21 Å². The summed E-state index contributed by atoms with van der Waals surface area (Å²) in [5, 5.41) is 0. The molecule has 206 valence electrons. The Balaban J connectivity index is 1.66. The molecule has 0 saturated carbocycles. The van der Waals surface area contributed by atoms with Gasteiger partial charge in [-0.15, -0.1) is 0 Å². The van der Waals surface area contributed by atoms with Gasteiger partial charge < -0.3 is 14.4 Å². The average Bonchev–Trinajstić information content (AvgIpc) is 3.60. The Labute approximate surface area is 226 Å². The second-order valence-electron chi connectivity index (χ2n) is 11.6. The molecule has 2 heterocycles. The second-order valence-corrected chi connectivity index (χ2v) is 13.4. The van der Waals surface area contributed by atoms with Crippen LogP contribution in [0.25, 0.3) is 0 Å². The first-order chi connectivity index (χ1) is 17.8. The lowest BCUT2D eigenvalue weighted by atomic mass is 9.98. The molecule has 0 N–H and O–H groups in total. The molecular weight excluding hydrogens is 504 g/mol. The van der Waals surface area contributed by atoms with Crippen LogP contribution in [0, 0.1) is 12.8 Å². The fourth-order valence-electron chi connectivity index (χ4n) is 4.93. The number of carbonyl (C=O) groups is 2. The number of sulfonamides is 1. The van der Waals surface area contributed by atoms with Gasteiger partial charge in [0.1, 0.15) is 17.7 Å². The van der Waals surface area contributed by atoms with Crippen molar-refractivity contribution in [3.63, 3.8) is 0 Å². The quantitative estimate of drug-likeness (QED) is 0.352. The number of nitrogens with zero attached hydrogens (tertiary/aromatic N) is 2. The Kier molecular flexibility index (Phi) is 8.02. The lowest BCUT2D eigenvalue weighted by Gasteiger charge is -2.37. The monoisotopic (exact) mass is 542 g/mol. The van der Waals surface area contributed by atoms with Gasteiger partial charge in [0.05, 0.1) is 23.6 Å². The van der Waals surface area contributed by atoms with E-state index in [0.717, 1.165) is 11.1 Å². The number of piperidine rings is 1. The summed E-state index contributed by atoms with van der Waals surface area (Å²) in [4.78, 5) is 28.7. The van der Waals surface area contributed by atoms with Crippen molar-refractivity contribution in [3.8, 4) is 0 Å². The molecule has 2 aromatic carbocycles. The molecule has 0 aromatic heterocycles. The standard InChI is InChI=1S/C29H38N2O6S/c1-19(2)16-23(28(33)37-29(4,5)6)30-17-24(36-18-21-10-8-7-9-11-21)25-26(27(30)32)31(25)38(34,35)22-14-12-20(3)13-15-22/h7-15,19,23-26H,16-18H2,1-6H3/t23-,24-,25-,26+,31?/m0/s1. The maximum atomic E-state index is 13.8. The van der Waals surface area contributed by atoms with Crippen LogP contribution in [0.5, 0.6) is 0 Å². The molecule has 4 rings (SSSR count). The summed E-state index contributed by atoms with van der Waals surface area (Å²) in [5.41, 5.74) is 1.15. The minimum absolute atomic E-state index is 0.101. The third-order valence-electron chi connectivity index (χ3n) is 6.75. The molecular formula is C29H38N2O6S. The molecule has 1 unspecified atom stereocenters.